The molecule has 21 heavy (non-hydrogen) atoms. The zero-order chi connectivity index (χ0) is 14.8. The number of hydrazone groups is 1. The van der Waals surface area contributed by atoms with Gasteiger partial charge in [0.1, 0.15) is 6.29 Å². The summed E-state index contributed by atoms with van der Waals surface area (Å²) in [6.45, 7) is 0. The minimum absolute atomic E-state index is 0.399. The molecule has 0 spiro atoms. The van der Waals surface area contributed by atoms with E-state index in [1.807, 2.05) is 42.6 Å². The number of allylic oxidation sites excluding steroid dienone is 1. The second kappa shape index (κ2) is 8.48. The van der Waals surface area contributed by atoms with Gasteiger partial charge in [0, 0.05) is 12.6 Å². The highest BCUT2D eigenvalue weighted by Crippen LogP contribution is 2.17. The highest BCUT2D eigenvalue weighted by atomic mass is 16.1. The van der Waals surface area contributed by atoms with E-state index in [1.165, 1.54) is 11.6 Å². The van der Waals surface area contributed by atoms with Crippen LogP contribution in [0.5, 0.6) is 0 Å². The molecule has 3 heteroatoms. The summed E-state index contributed by atoms with van der Waals surface area (Å²) in [5.41, 5.74) is 5.40. The molecule has 2 aromatic rings. The van der Waals surface area contributed by atoms with Crippen LogP contribution in [0.4, 0.5) is 0 Å². The van der Waals surface area contributed by atoms with E-state index in [-0.39, 0.29) is 0 Å². The molecule has 1 aliphatic rings. The first kappa shape index (κ1) is 14.7. The van der Waals surface area contributed by atoms with E-state index < -0.39 is 0 Å². The predicted molar refractivity (Wildman–Crippen MR) is 87.0 cm³/mol. The second-order valence-electron chi connectivity index (χ2n) is 4.55. The summed E-state index contributed by atoms with van der Waals surface area (Å²) in [6.07, 6.45) is 6.94. The number of carbonyl (C=O) groups excluding carboxylic acids is 1. The fourth-order valence-corrected chi connectivity index (χ4v) is 1.96. The molecule has 1 N–H and O–H groups in total. The highest BCUT2D eigenvalue weighted by Gasteiger charge is 2.11. The van der Waals surface area contributed by atoms with E-state index in [0.717, 1.165) is 18.3 Å². The topological polar surface area (TPSA) is 41.5 Å². The average Bonchev–Trinajstić information content (AvgIpc) is 3.10. The van der Waals surface area contributed by atoms with Crippen LogP contribution < -0.4 is 5.43 Å². The van der Waals surface area contributed by atoms with Crippen molar-refractivity contribution in [2.75, 3.05) is 0 Å². The first-order valence-corrected chi connectivity index (χ1v) is 6.89. The van der Waals surface area contributed by atoms with Crippen LogP contribution in [-0.4, -0.2) is 12.5 Å². The Balaban J connectivity index is 0.000000155. The lowest BCUT2D eigenvalue weighted by Crippen LogP contribution is -2.08. The van der Waals surface area contributed by atoms with Crippen LogP contribution in [0.1, 0.15) is 23.6 Å². The fraction of sp³-hybridized carbons (Fsp3) is 0.111. The molecular formula is C18H18N2O. The van der Waals surface area contributed by atoms with Crippen LogP contribution >= 0.6 is 0 Å². The Morgan fingerprint density at radius 1 is 1.00 bits per heavy atom. The lowest BCUT2D eigenvalue weighted by Gasteiger charge is -2.08. The molecule has 0 saturated carbocycles. The molecule has 0 fully saturated rings. The molecule has 1 atom stereocenters. The molecule has 3 rings (SSSR count). The van der Waals surface area contributed by atoms with Gasteiger partial charge >= 0.3 is 0 Å². The Morgan fingerprint density at radius 3 is 2.24 bits per heavy atom. The number of rotatable bonds is 3. The van der Waals surface area contributed by atoms with Crippen LogP contribution in [0.25, 0.3) is 6.08 Å². The van der Waals surface area contributed by atoms with Gasteiger partial charge in [-0.3, -0.25) is 4.79 Å². The average molecular weight is 278 g/mol. The smallest absolute Gasteiger partial charge is 0.142 e. The Kier molecular flexibility index (Phi) is 5.95. The molecule has 1 aliphatic heterocycles. The standard InChI is InChI=1S/C9H10N2.C9H8O/c1-2-4-8(5-3-1)9-6-7-10-11-9;10-8-4-7-9-5-2-1-3-6-9/h1-5,7,9,11H,6H2;1-8H/b;7-4+. The van der Waals surface area contributed by atoms with Crippen molar-refractivity contribution in [3.63, 3.8) is 0 Å². The van der Waals surface area contributed by atoms with Crippen LogP contribution in [0, 0.1) is 0 Å². The molecule has 0 aliphatic carbocycles. The largest absolute Gasteiger partial charge is 0.303 e. The van der Waals surface area contributed by atoms with E-state index in [2.05, 4.69) is 34.8 Å². The van der Waals surface area contributed by atoms with Gasteiger partial charge in [-0.1, -0.05) is 66.7 Å². The van der Waals surface area contributed by atoms with Crippen molar-refractivity contribution in [1.82, 2.24) is 5.43 Å². The van der Waals surface area contributed by atoms with Crippen molar-refractivity contribution < 1.29 is 4.79 Å². The van der Waals surface area contributed by atoms with Gasteiger partial charge in [-0.05, 0) is 17.2 Å². The van der Waals surface area contributed by atoms with Gasteiger partial charge in [0.15, 0.2) is 0 Å². The van der Waals surface area contributed by atoms with Crippen molar-refractivity contribution in [2.24, 2.45) is 5.10 Å². The first-order valence-electron chi connectivity index (χ1n) is 6.89. The summed E-state index contributed by atoms with van der Waals surface area (Å²) in [6, 6.07) is 20.5. The van der Waals surface area contributed by atoms with Gasteiger partial charge in [-0.25, -0.2) is 0 Å². The summed E-state index contributed by atoms with van der Waals surface area (Å²) < 4.78 is 0. The van der Waals surface area contributed by atoms with Crippen LogP contribution in [0.2, 0.25) is 0 Å². The molecule has 2 aromatic carbocycles. The first-order chi connectivity index (χ1) is 10.4. The number of nitrogens with one attached hydrogen (secondary N) is 1. The van der Waals surface area contributed by atoms with Crippen molar-refractivity contribution >= 4 is 18.6 Å². The van der Waals surface area contributed by atoms with Crippen LogP contribution in [0.3, 0.4) is 0 Å². The number of carbonyl (C=O) groups is 1. The van der Waals surface area contributed by atoms with Crippen LogP contribution in [-0.2, 0) is 4.79 Å². The summed E-state index contributed by atoms with van der Waals surface area (Å²) in [4.78, 5) is 9.89. The predicted octanol–water partition coefficient (Wildman–Crippen LogP) is 3.61. The third kappa shape index (κ3) is 5.07. The Bertz CT molecular complexity index is 583. The quantitative estimate of drug-likeness (QED) is 0.688. The molecule has 0 amide bonds. The number of hydrogen-bond acceptors (Lipinski definition) is 3. The van der Waals surface area contributed by atoms with Crippen molar-refractivity contribution in [3.05, 3.63) is 77.9 Å². The molecule has 0 radical (unpaired) electrons. The van der Waals surface area contributed by atoms with Gasteiger partial charge in [0.05, 0.1) is 6.04 Å². The number of benzene rings is 2. The normalized spacial score (nSPS) is 16.1. The molecule has 0 bridgehead atoms. The molecular weight excluding hydrogens is 260 g/mol. The maximum absolute atomic E-state index is 9.89. The summed E-state index contributed by atoms with van der Waals surface area (Å²) in [7, 11) is 0. The van der Waals surface area contributed by atoms with Gasteiger partial charge in [0.25, 0.3) is 0 Å². The van der Waals surface area contributed by atoms with Crippen molar-refractivity contribution in [2.45, 2.75) is 12.5 Å². The van der Waals surface area contributed by atoms with E-state index in [9.17, 15) is 4.79 Å². The van der Waals surface area contributed by atoms with Gasteiger partial charge in [0.2, 0.25) is 0 Å². The van der Waals surface area contributed by atoms with E-state index in [4.69, 9.17) is 0 Å². The van der Waals surface area contributed by atoms with Gasteiger partial charge in [-0.15, -0.1) is 0 Å². The molecule has 0 saturated heterocycles. The molecule has 106 valence electrons. The Labute approximate surface area is 125 Å². The Hall–Kier alpha value is -2.68. The minimum atomic E-state index is 0.399. The lowest BCUT2D eigenvalue weighted by atomic mass is 10.1. The van der Waals surface area contributed by atoms with Crippen molar-refractivity contribution in [1.29, 1.82) is 0 Å². The fourth-order valence-electron chi connectivity index (χ4n) is 1.96. The second-order valence-corrected chi connectivity index (χ2v) is 4.55. The van der Waals surface area contributed by atoms with Gasteiger partial charge < -0.3 is 5.43 Å². The third-order valence-electron chi connectivity index (χ3n) is 3.03. The maximum atomic E-state index is 9.89. The zero-order valence-corrected chi connectivity index (χ0v) is 11.7. The molecule has 0 aromatic heterocycles. The monoisotopic (exact) mass is 278 g/mol. The number of hydrogen-bond donors (Lipinski definition) is 1. The SMILES string of the molecule is C1=NNC(c2ccccc2)C1.O=C/C=C/c1ccccc1. The zero-order valence-electron chi connectivity index (χ0n) is 11.7. The molecule has 1 unspecified atom stereocenters. The number of nitrogens with zero attached hydrogens (tertiary/aromatic N) is 1. The van der Waals surface area contributed by atoms with E-state index in [0.29, 0.717) is 6.04 Å². The summed E-state index contributed by atoms with van der Waals surface area (Å²) >= 11 is 0. The molecule has 3 nitrogen and oxygen atoms in total. The van der Waals surface area contributed by atoms with E-state index >= 15 is 0 Å². The van der Waals surface area contributed by atoms with E-state index in [1.54, 1.807) is 6.08 Å². The Morgan fingerprint density at radius 2 is 1.67 bits per heavy atom. The number of aldehydes is 1. The summed E-state index contributed by atoms with van der Waals surface area (Å²) in [5.74, 6) is 0. The van der Waals surface area contributed by atoms with Crippen molar-refractivity contribution in [3.8, 4) is 0 Å². The lowest BCUT2D eigenvalue weighted by molar-refractivity contribution is -0.104. The maximum Gasteiger partial charge on any atom is 0.142 e. The summed E-state index contributed by atoms with van der Waals surface area (Å²) in [5, 5.41) is 3.97. The van der Waals surface area contributed by atoms with Gasteiger partial charge in [-0.2, -0.15) is 5.10 Å². The molecule has 1 heterocycles. The third-order valence-corrected chi connectivity index (χ3v) is 3.03. The highest BCUT2D eigenvalue weighted by molar-refractivity contribution is 5.73. The minimum Gasteiger partial charge on any atom is -0.303 e. The van der Waals surface area contributed by atoms with Crippen LogP contribution in [0.15, 0.2) is 71.8 Å².